The van der Waals surface area contributed by atoms with Crippen molar-refractivity contribution in [3.8, 4) is 5.75 Å². The second-order valence-electron chi connectivity index (χ2n) is 6.19. The molecule has 1 fully saturated rings. The van der Waals surface area contributed by atoms with Crippen molar-refractivity contribution in [2.24, 2.45) is 0 Å². The Balaban J connectivity index is 1.72. The normalized spacial score (nSPS) is 16.8. The van der Waals surface area contributed by atoms with Gasteiger partial charge in [-0.05, 0) is 49.4 Å². The molecule has 1 unspecified atom stereocenters. The Labute approximate surface area is 152 Å². The molecular formula is C20H22N2O4. The van der Waals surface area contributed by atoms with Crippen LogP contribution in [-0.4, -0.2) is 49.6 Å². The van der Waals surface area contributed by atoms with Gasteiger partial charge >= 0.3 is 0 Å². The van der Waals surface area contributed by atoms with Gasteiger partial charge in [-0.2, -0.15) is 0 Å². The molecule has 6 nitrogen and oxygen atoms in total. The molecule has 0 aliphatic carbocycles. The number of carbonyl (C=O) groups excluding carboxylic acids is 2. The van der Waals surface area contributed by atoms with Gasteiger partial charge in [-0.3, -0.25) is 9.59 Å². The first kappa shape index (κ1) is 17.9. The van der Waals surface area contributed by atoms with Crippen LogP contribution < -0.4 is 10.1 Å². The third-order valence-electron chi connectivity index (χ3n) is 4.35. The Morgan fingerprint density at radius 2 is 1.92 bits per heavy atom. The van der Waals surface area contributed by atoms with Crippen molar-refractivity contribution in [3.63, 3.8) is 0 Å². The van der Waals surface area contributed by atoms with Crippen LogP contribution in [0.4, 0.5) is 5.69 Å². The van der Waals surface area contributed by atoms with E-state index in [2.05, 4.69) is 5.32 Å². The number of hydrogen-bond donors (Lipinski definition) is 1. The van der Waals surface area contributed by atoms with Gasteiger partial charge in [-0.25, -0.2) is 0 Å². The number of anilines is 1. The largest absolute Gasteiger partial charge is 0.497 e. The Morgan fingerprint density at radius 1 is 1.15 bits per heavy atom. The zero-order chi connectivity index (χ0) is 18.5. The van der Waals surface area contributed by atoms with Gasteiger partial charge in [-0.15, -0.1) is 0 Å². The number of amides is 2. The Bertz CT molecular complexity index is 789. The third kappa shape index (κ3) is 4.03. The highest BCUT2D eigenvalue weighted by Gasteiger charge is 2.24. The van der Waals surface area contributed by atoms with E-state index in [4.69, 9.17) is 9.47 Å². The molecule has 0 aromatic heterocycles. The van der Waals surface area contributed by atoms with E-state index in [9.17, 15) is 9.59 Å². The number of benzene rings is 2. The monoisotopic (exact) mass is 354 g/mol. The molecule has 26 heavy (non-hydrogen) atoms. The van der Waals surface area contributed by atoms with Gasteiger partial charge in [-0.1, -0.05) is 6.07 Å². The van der Waals surface area contributed by atoms with Crippen molar-refractivity contribution >= 4 is 17.5 Å². The zero-order valence-electron chi connectivity index (χ0n) is 14.9. The first-order valence-electron chi connectivity index (χ1n) is 8.52. The summed E-state index contributed by atoms with van der Waals surface area (Å²) in [6, 6.07) is 13.9. The summed E-state index contributed by atoms with van der Waals surface area (Å²) >= 11 is 0. The summed E-state index contributed by atoms with van der Waals surface area (Å²) in [6.45, 7) is 3.62. The lowest BCUT2D eigenvalue weighted by Gasteiger charge is -2.33. The maximum absolute atomic E-state index is 12.7. The molecule has 1 N–H and O–H groups in total. The fourth-order valence-electron chi connectivity index (χ4n) is 2.87. The van der Waals surface area contributed by atoms with E-state index < -0.39 is 0 Å². The molecule has 2 aromatic rings. The smallest absolute Gasteiger partial charge is 0.255 e. The second kappa shape index (κ2) is 8.01. The van der Waals surface area contributed by atoms with Crippen LogP contribution in [0.1, 0.15) is 27.6 Å². The van der Waals surface area contributed by atoms with Gasteiger partial charge in [0, 0.05) is 23.4 Å². The summed E-state index contributed by atoms with van der Waals surface area (Å²) in [5.41, 5.74) is 1.65. The molecule has 1 aliphatic heterocycles. The molecular weight excluding hydrogens is 332 g/mol. The summed E-state index contributed by atoms with van der Waals surface area (Å²) in [5, 5.41) is 2.83. The third-order valence-corrected chi connectivity index (χ3v) is 4.35. The topological polar surface area (TPSA) is 67.9 Å². The highest BCUT2D eigenvalue weighted by molar-refractivity contribution is 6.05. The molecule has 0 saturated carbocycles. The van der Waals surface area contributed by atoms with Crippen molar-refractivity contribution in [1.82, 2.24) is 4.90 Å². The number of nitrogens with one attached hydrogen (secondary N) is 1. The first-order valence-corrected chi connectivity index (χ1v) is 8.52. The zero-order valence-corrected chi connectivity index (χ0v) is 14.9. The molecule has 2 amide bonds. The molecule has 0 radical (unpaired) electrons. The van der Waals surface area contributed by atoms with Gasteiger partial charge < -0.3 is 19.7 Å². The van der Waals surface area contributed by atoms with Crippen LogP contribution in [0.3, 0.4) is 0 Å². The molecule has 2 aromatic carbocycles. The summed E-state index contributed by atoms with van der Waals surface area (Å²) in [6.07, 6.45) is 0. The molecule has 6 heteroatoms. The van der Waals surface area contributed by atoms with Gasteiger partial charge in [0.1, 0.15) is 5.75 Å². The van der Waals surface area contributed by atoms with Crippen molar-refractivity contribution < 1.29 is 19.1 Å². The number of methoxy groups -OCH3 is 1. The summed E-state index contributed by atoms with van der Waals surface area (Å²) in [7, 11) is 1.58. The van der Waals surface area contributed by atoms with Crippen molar-refractivity contribution in [2.75, 3.05) is 32.2 Å². The number of hydrogen-bond acceptors (Lipinski definition) is 4. The lowest BCUT2D eigenvalue weighted by molar-refractivity contribution is 0.00359. The highest BCUT2D eigenvalue weighted by Crippen LogP contribution is 2.18. The van der Waals surface area contributed by atoms with Crippen molar-refractivity contribution in [1.29, 1.82) is 0 Å². The number of ether oxygens (including phenoxy) is 2. The van der Waals surface area contributed by atoms with Crippen LogP contribution in [0.2, 0.25) is 0 Å². The predicted octanol–water partition coefficient (Wildman–Crippen LogP) is 2.81. The molecule has 0 bridgehead atoms. The quantitative estimate of drug-likeness (QED) is 0.917. The van der Waals surface area contributed by atoms with Crippen LogP contribution in [0.25, 0.3) is 0 Å². The highest BCUT2D eigenvalue weighted by atomic mass is 16.5. The maximum Gasteiger partial charge on any atom is 0.255 e. The number of nitrogens with zero attached hydrogens (tertiary/aromatic N) is 1. The summed E-state index contributed by atoms with van der Waals surface area (Å²) in [4.78, 5) is 26.9. The van der Waals surface area contributed by atoms with E-state index >= 15 is 0 Å². The van der Waals surface area contributed by atoms with Gasteiger partial charge in [0.2, 0.25) is 0 Å². The lowest BCUT2D eigenvalue weighted by Crippen LogP contribution is -2.47. The average molecular weight is 354 g/mol. The lowest BCUT2D eigenvalue weighted by atomic mass is 10.1. The van der Waals surface area contributed by atoms with E-state index in [0.717, 1.165) is 0 Å². The molecule has 1 atom stereocenters. The van der Waals surface area contributed by atoms with E-state index in [1.54, 1.807) is 60.5 Å². The van der Waals surface area contributed by atoms with Gasteiger partial charge in [0.25, 0.3) is 11.8 Å². The maximum atomic E-state index is 12.7. The fraction of sp³-hybridized carbons (Fsp3) is 0.300. The molecule has 136 valence electrons. The fourth-order valence-corrected chi connectivity index (χ4v) is 2.87. The predicted molar refractivity (Wildman–Crippen MR) is 98.7 cm³/mol. The number of rotatable bonds is 4. The summed E-state index contributed by atoms with van der Waals surface area (Å²) in [5.74, 6) is 0.395. The van der Waals surface area contributed by atoms with Crippen LogP contribution in [0.5, 0.6) is 5.75 Å². The van der Waals surface area contributed by atoms with E-state index in [-0.39, 0.29) is 17.9 Å². The van der Waals surface area contributed by atoms with Crippen LogP contribution in [0, 0.1) is 0 Å². The minimum atomic E-state index is -0.239. The SMILES string of the molecule is COc1ccc(C(=O)Nc2cccc(C(=O)N3CCOCC3C)c2)cc1. The molecule has 3 rings (SSSR count). The minimum absolute atomic E-state index is 0.0359. The van der Waals surface area contributed by atoms with Crippen LogP contribution >= 0.6 is 0 Å². The van der Waals surface area contributed by atoms with E-state index in [0.29, 0.717) is 42.3 Å². The van der Waals surface area contributed by atoms with E-state index in [1.165, 1.54) is 0 Å². The first-order chi connectivity index (χ1) is 12.6. The summed E-state index contributed by atoms with van der Waals surface area (Å²) < 4.78 is 10.5. The minimum Gasteiger partial charge on any atom is -0.497 e. The Kier molecular flexibility index (Phi) is 5.53. The van der Waals surface area contributed by atoms with Crippen molar-refractivity contribution in [3.05, 3.63) is 59.7 Å². The van der Waals surface area contributed by atoms with Gasteiger partial charge in [0.05, 0.1) is 26.4 Å². The Morgan fingerprint density at radius 3 is 2.62 bits per heavy atom. The van der Waals surface area contributed by atoms with Crippen LogP contribution in [0.15, 0.2) is 48.5 Å². The average Bonchev–Trinajstić information content (AvgIpc) is 2.68. The molecule has 1 heterocycles. The van der Waals surface area contributed by atoms with E-state index in [1.807, 2.05) is 6.92 Å². The molecule has 1 aliphatic rings. The van der Waals surface area contributed by atoms with Gasteiger partial charge in [0.15, 0.2) is 0 Å². The standard InChI is InChI=1S/C20H22N2O4/c1-14-13-26-11-10-22(14)20(24)16-4-3-5-17(12-16)21-19(23)15-6-8-18(25-2)9-7-15/h3-9,12,14H,10-11,13H2,1-2H3,(H,21,23). The second-order valence-corrected chi connectivity index (χ2v) is 6.19. The van der Waals surface area contributed by atoms with Crippen LogP contribution in [-0.2, 0) is 4.74 Å². The Hall–Kier alpha value is -2.86. The number of morpholine rings is 1. The molecule has 0 spiro atoms. The number of carbonyl (C=O) groups is 2. The van der Waals surface area contributed by atoms with Crippen molar-refractivity contribution in [2.45, 2.75) is 13.0 Å². The molecule has 1 saturated heterocycles.